The molecule has 0 N–H and O–H groups in total. The van der Waals surface area contributed by atoms with Crippen LogP contribution in [0.25, 0.3) is 0 Å². The topological polar surface area (TPSA) is 0 Å². The predicted molar refractivity (Wildman–Crippen MR) is 82.4 cm³/mol. The Bertz CT molecular complexity index is 379. The third kappa shape index (κ3) is 9.17. The van der Waals surface area contributed by atoms with Gasteiger partial charge in [0.1, 0.15) is 0 Å². The Morgan fingerprint density at radius 1 is 0.278 bits per heavy atom. The first-order valence-corrected chi connectivity index (χ1v) is 6.32. The van der Waals surface area contributed by atoms with Crippen LogP contribution in [0, 0.1) is 0 Å². The molecule has 0 amide bonds. The van der Waals surface area contributed by atoms with Crippen LogP contribution in [0.1, 0.15) is 12.8 Å². The normalized spacial score (nSPS) is 29.3. The second kappa shape index (κ2) is 11.4. The molecule has 0 bridgehead atoms. The molecule has 0 aromatic rings. The molecular weight excluding hydrogens is 216 g/mol. The average Bonchev–Trinajstić information content (AvgIpc) is 2.39. The van der Waals surface area contributed by atoms with Gasteiger partial charge in [0.05, 0.1) is 0 Å². The van der Waals surface area contributed by atoms with E-state index in [4.69, 9.17) is 0 Å². The van der Waals surface area contributed by atoms with Crippen molar-refractivity contribution in [2.75, 3.05) is 0 Å². The first-order chi connectivity index (χ1) is 9.00. The Morgan fingerprint density at radius 3 is 0.778 bits per heavy atom. The van der Waals surface area contributed by atoms with Crippen molar-refractivity contribution in [3.05, 3.63) is 97.2 Å². The van der Waals surface area contributed by atoms with Gasteiger partial charge in [0.25, 0.3) is 0 Å². The summed E-state index contributed by atoms with van der Waals surface area (Å²) in [6.07, 6.45) is 35.0. The van der Waals surface area contributed by atoms with Crippen LogP contribution in [0.3, 0.4) is 0 Å². The lowest BCUT2D eigenvalue weighted by molar-refractivity contribution is 1.05. The van der Waals surface area contributed by atoms with Gasteiger partial charge in [-0.25, -0.2) is 0 Å². The third-order valence-electron chi connectivity index (χ3n) is 2.22. The third-order valence-corrected chi connectivity index (χ3v) is 2.22. The molecule has 0 aliphatic heterocycles. The van der Waals surface area contributed by atoms with Gasteiger partial charge in [-0.05, 0) is 12.8 Å². The molecule has 0 saturated carbocycles. The van der Waals surface area contributed by atoms with Crippen molar-refractivity contribution in [2.24, 2.45) is 0 Å². The lowest BCUT2D eigenvalue weighted by Crippen LogP contribution is -1.63. The van der Waals surface area contributed by atoms with Crippen LogP contribution < -0.4 is 0 Å². The van der Waals surface area contributed by atoms with Gasteiger partial charge in [-0.1, -0.05) is 97.2 Å². The van der Waals surface area contributed by atoms with E-state index in [0.29, 0.717) is 0 Å². The molecule has 0 radical (unpaired) electrons. The molecule has 0 unspecified atom stereocenters. The molecule has 18 heavy (non-hydrogen) atoms. The predicted octanol–water partition coefficient (Wildman–Crippen LogP) is 5.23. The molecule has 0 aromatic carbocycles. The highest BCUT2D eigenvalue weighted by Crippen LogP contribution is 1.94. The summed E-state index contributed by atoms with van der Waals surface area (Å²) in [4.78, 5) is 0. The van der Waals surface area contributed by atoms with Crippen LogP contribution >= 0.6 is 0 Å². The van der Waals surface area contributed by atoms with Crippen LogP contribution in [-0.2, 0) is 0 Å². The standard InChI is InChI=1S/C18H20/c1-2-4-6-8-10-12-14-16-18-17-15-13-11-9-7-5-3-1/h1-16H,17-18H2/b3-1-,4-2+,7-5+,8-6+,11-9+,12-10-,15-13-,16-14?. The molecule has 0 spiro atoms. The monoisotopic (exact) mass is 236 g/mol. The molecule has 1 aliphatic rings. The largest absolute Gasteiger partial charge is 0.0842 e. The Morgan fingerprint density at radius 2 is 0.500 bits per heavy atom. The molecular formula is C18H20. The van der Waals surface area contributed by atoms with Crippen molar-refractivity contribution in [1.82, 2.24) is 0 Å². The molecule has 0 saturated heterocycles. The Kier molecular flexibility index (Phi) is 8.86. The maximum atomic E-state index is 2.18. The van der Waals surface area contributed by atoms with Crippen LogP contribution in [0.5, 0.6) is 0 Å². The van der Waals surface area contributed by atoms with Crippen LogP contribution in [0.4, 0.5) is 0 Å². The second-order valence-corrected chi connectivity index (χ2v) is 3.74. The van der Waals surface area contributed by atoms with Gasteiger partial charge in [-0.3, -0.25) is 0 Å². The summed E-state index contributed by atoms with van der Waals surface area (Å²) in [6, 6.07) is 0. The minimum absolute atomic E-state index is 1.08. The molecule has 0 atom stereocenters. The van der Waals surface area contributed by atoms with E-state index in [0.717, 1.165) is 12.8 Å². The van der Waals surface area contributed by atoms with E-state index in [1.165, 1.54) is 0 Å². The Labute approximate surface area is 110 Å². The number of hydrogen-bond donors (Lipinski definition) is 0. The summed E-state index contributed by atoms with van der Waals surface area (Å²) < 4.78 is 0. The highest BCUT2D eigenvalue weighted by molar-refractivity contribution is 5.21. The van der Waals surface area contributed by atoms with Gasteiger partial charge >= 0.3 is 0 Å². The number of hydrogen-bond acceptors (Lipinski definition) is 0. The lowest BCUT2D eigenvalue weighted by atomic mass is 10.2. The van der Waals surface area contributed by atoms with Gasteiger partial charge < -0.3 is 0 Å². The van der Waals surface area contributed by atoms with Crippen LogP contribution in [-0.4, -0.2) is 0 Å². The molecule has 92 valence electrons. The van der Waals surface area contributed by atoms with Crippen molar-refractivity contribution < 1.29 is 0 Å². The van der Waals surface area contributed by atoms with E-state index in [1.807, 2.05) is 60.8 Å². The zero-order valence-electron chi connectivity index (χ0n) is 10.7. The van der Waals surface area contributed by atoms with E-state index in [2.05, 4.69) is 36.5 Å². The van der Waals surface area contributed by atoms with E-state index in [-0.39, 0.29) is 0 Å². The van der Waals surface area contributed by atoms with Crippen LogP contribution in [0.15, 0.2) is 97.2 Å². The van der Waals surface area contributed by atoms with Gasteiger partial charge in [-0.2, -0.15) is 0 Å². The van der Waals surface area contributed by atoms with Gasteiger partial charge in [-0.15, -0.1) is 0 Å². The summed E-state index contributed by atoms with van der Waals surface area (Å²) in [7, 11) is 0. The minimum atomic E-state index is 1.08. The van der Waals surface area contributed by atoms with Crippen molar-refractivity contribution in [1.29, 1.82) is 0 Å². The lowest BCUT2D eigenvalue weighted by Gasteiger charge is -1.84. The molecule has 0 heteroatoms. The highest BCUT2D eigenvalue weighted by Gasteiger charge is 1.74. The van der Waals surface area contributed by atoms with E-state index in [9.17, 15) is 0 Å². The summed E-state index contributed by atoms with van der Waals surface area (Å²) >= 11 is 0. The van der Waals surface area contributed by atoms with E-state index < -0.39 is 0 Å². The molecule has 1 rings (SSSR count). The Hall–Kier alpha value is -2.08. The average molecular weight is 236 g/mol. The zero-order valence-corrected chi connectivity index (χ0v) is 10.7. The molecule has 1 aliphatic carbocycles. The Balaban J connectivity index is 2.58. The van der Waals surface area contributed by atoms with E-state index >= 15 is 0 Å². The molecule has 0 nitrogen and oxygen atoms in total. The minimum Gasteiger partial charge on any atom is -0.0842 e. The van der Waals surface area contributed by atoms with Crippen molar-refractivity contribution in [2.45, 2.75) is 12.8 Å². The molecule has 0 aromatic heterocycles. The first-order valence-electron chi connectivity index (χ1n) is 6.32. The quantitative estimate of drug-likeness (QED) is 0.540. The summed E-state index contributed by atoms with van der Waals surface area (Å²) in [5.41, 5.74) is 0. The maximum absolute atomic E-state index is 2.18. The zero-order chi connectivity index (χ0) is 12.7. The highest BCUT2D eigenvalue weighted by atomic mass is 13.8. The number of rotatable bonds is 0. The summed E-state index contributed by atoms with van der Waals surface area (Å²) in [5, 5.41) is 0. The summed E-state index contributed by atoms with van der Waals surface area (Å²) in [5.74, 6) is 0. The van der Waals surface area contributed by atoms with Crippen LogP contribution in [0.2, 0.25) is 0 Å². The molecule has 0 fully saturated rings. The fourth-order valence-electron chi connectivity index (χ4n) is 1.31. The van der Waals surface area contributed by atoms with Gasteiger partial charge in [0.15, 0.2) is 0 Å². The van der Waals surface area contributed by atoms with Crippen molar-refractivity contribution in [3.8, 4) is 0 Å². The smallest absolute Gasteiger partial charge is 0.0313 e. The van der Waals surface area contributed by atoms with Gasteiger partial charge in [0, 0.05) is 0 Å². The number of allylic oxidation sites excluding steroid dienone is 16. The van der Waals surface area contributed by atoms with Crippen molar-refractivity contribution in [3.63, 3.8) is 0 Å². The van der Waals surface area contributed by atoms with E-state index in [1.54, 1.807) is 0 Å². The van der Waals surface area contributed by atoms with Gasteiger partial charge in [0.2, 0.25) is 0 Å². The first kappa shape index (κ1) is 14.0. The summed E-state index contributed by atoms with van der Waals surface area (Å²) in [6.45, 7) is 0. The fourth-order valence-corrected chi connectivity index (χ4v) is 1.31. The molecule has 0 heterocycles. The fraction of sp³-hybridized carbons (Fsp3) is 0.111. The SMILES string of the molecule is C1=CCC\C=C/C=C/C=C/C=C\C=C\C=C\C=C/1. The second-order valence-electron chi connectivity index (χ2n) is 3.74. The maximum Gasteiger partial charge on any atom is -0.0313 e. The van der Waals surface area contributed by atoms with Crippen molar-refractivity contribution >= 4 is 0 Å².